The Morgan fingerprint density at radius 3 is 1.11 bits per heavy atom. The third-order valence-electron chi connectivity index (χ3n) is 15.3. The zero-order valence-electron chi connectivity index (χ0n) is 35.5. The number of fused-ring (bicyclic) bond motifs is 9. The smallest absolute Gasteiger partial charge is 0.0547 e. The molecule has 3 aliphatic carbocycles. The average Bonchev–Trinajstić information content (AvgIpc) is 4.13. The van der Waals surface area contributed by atoms with Crippen LogP contribution in [0.3, 0.4) is 0 Å². The molecule has 0 fully saturated rings. The fourth-order valence-electron chi connectivity index (χ4n) is 12.4. The van der Waals surface area contributed by atoms with Crippen LogP contribution in [0.5, 0.6) is 0 Å². The summed E-state index contributed by atoms with van der Waals surface area (Å²) in [4.78, 5) is 0. The van der Waals surface area contributed by atoms with Gasteiger partial charge in [-0.2, -0.15) is 0 Å². The second-order valence-corrected chi connectivity index (χ2v) is 18.6. The summed E-state index contributed by atoms with van der Waals surface area (Å²) in [6.45, 7) is 0. The average molecular weight is 815 g/mol. The molecule has 2 heteroatoms. The van der Waals surface area contributed by atoms with Crippen LogP contribution in [-0.4, -0.2) is 9.13 Å². The van der Waals surface area contributed by atoms with Crippen LogP contribution in [0.2, 0.25) is 0 Å². The summed E-state index contributed by atoms with van der Waals surface area (Å²) in [5.74, 6) is 0. The van der Waals surface area contributed by atoms with Gasteiger partial charge in [0.2, 0.25) is 0 Å². The van der Waals surface area contributed by atoms with Crippen molar-refractivity contribution in [3.05, 3.63) is 215 Å². The molecule has 0 aliphatic heterocycles. The van der Waals surface area contributed by atoms with E-state index < -0.39 is 0 Å². The van der Waals surface area contributed by atoms with E-state index in [2.05, 4.69) is 191 Å². The maximum absolute atomic E-state index is 2.54. The fourth-order valence-corrected chi connectivity index (χ4v) is 12.4. The molecule has 10 aromatic carbocycles. The molecule has 0 amide bonds. The number of benzene rings is 10. The van der Waals surface area contributed by atoms with Crippen molar-refractivity contribution in [1.82, 2.24) is 9.13 Å². The molecular weight excluding hydrogens is 773 g/mol. The predicted octanol–water partition coefficient (Wildman–Crippen LogP) is 15.5. The van der Waals surface area contributed by atoms with Crippen LogP contribution in [0.15, 0.2) is 182 Å². The number of rotatable bonds is 4. The zero-order valence-corrected chi connectivity index (χ0v) is 35.5. The third kappa shape index (κ3) is 4.80. The lowest BCUT2D eigenvalue weighted by Crippen LogP contribution is -2.05. The predicted molar refractivity (Wildman–Crippen MR) is 269 cm³/mol. The highest BCUT2D eigenvalue weighted by molar-refractivity contribution is 6.15. The van der Waals surface area contributed by atoms with E-state index in [1.54, 1.807) is 0 Å². The molecule has 300 valence electrons. The van der Waals surface area contributed by atoms with E-state index in [0.29, 0.717) is 0 Å². The number of para-hydroxylation sites is 2. The number of aromatic nitrogens is 2. The molecule has 15 rings (SSSR count). The molecule has 0 radical (unpaired) electrons. The SMILES string of the molecule is c1ccc(-n2c3ccc(-c4ccc5c6c(cccc46)CC5)cc3c3cc4c(cc32)-c2cc3c(cc2CC4)c2cc(-c4ccc5c6c(cccc46)CC5)ccc2n3-c2ccccc2)cc1. The van der Waals surface area contributed by atoms with Crippen LogP contribution in [0, 0.1) is 0 Å². The topological polar surface area (TPSA) is 9.86 Å². The molecule has 0 unspecified atom stereocenters. The molecule has 0 saturated carbocycles. The van der Waals surface area contributed by atoms with E-state index in [0.717, 1.165) is 38.5 Å². The van der Waals surface area contributed by atoms with Gasteiger partial charge in [-0.3, -0.25) is 0 Å². The fraction of sp³-hybridized carbons (Fsp3) is 0.0968. The number of nitrogens with zero attached hydrogens (tertiary/aromatic N) is 2. The summed E-state index contributed by atoms with van der Waals surface area (Å²) in [5, 5.41) is 11.0. The van der Waals surface area contributed by atoms with Crippen molar-refractivity contribution in [1.29, 1.82) is 0 Å². The van der Waals surface area contributed by atoms with Gasteiger partial charge in [0.05, 0.1) is 22.1 Å². The van der Waals surface area contributed by atoms with Crippen molar-refractivity contribution >= 4 is 65.2 Å². The molecule has 0 spiro atoms. The molecule has 2 heterocycles. The van der Waals surface area contributed by atoms with E-state index in [-0.39, 0.29) is 0 Å². The first-order valence-electron chi connectivity index (χ1n) is 23.1. The molecule has 0 atom stereocenters. The Morgan fingerprint density at radius 1 is 0.250 bits per heavy atom. The monoisotopic (exact) mass is 814 g/mol. The molecule has 2 nitrogen and oxygen atoms in total. The van der Waals surface area contributed by atoms with Gasteiger partial charge in [-0.15, -0.1) is 0 Å². The van der Waals surface area contributed by atoms with Crippen LogP contribution in [0.4, 0.5) is 0 Å². The lowest BCUT2D eigenvalue weighted by atomic mass is 9.84. The summed E-state index contributed by atoms with van der Waals surface area (Å²) in [6.07, 6.45) is 6.59. The van der Waals surface area contributed by atoms with Gasteiger partial charge >= 0.3 is 0 Å². The first-order valence-corrected chi connectivity index (χ1v) is 23.1. The van der Waals surface area contributed by atoms with E-state index >= 15 is 0 Å². The second-order valence-electron chi connectivity index (χ2n) is 18.6. The Labute approximate surface area is 371 Å². The van der Waals surface area contributed by atoms with Crippen LogP contribution < -0.4 is 0 Å². The zero-order chi connectivity index (χ0) is 41.6. The summed E-state index contributed by atoms with van der Waals surface area (Å²) >= 11 is 0. The first kappa shape index (κ1) is 34.9. The second kappa shape index (κ2) is 12.9. The minimum atomic E-state index is 1.01. The lowest BCUT2D eigenvalue weighted by Gasteiger charge is -2.21. The van der Waals surface area contributed by atoms with Gasteiger partial charge < -0.3 is 9.13 Å². The summed E-state index contributed by atoms with van der Waals surface area (Å²) in [7, 11) is 0. The van der Waals surface area contributed by atoms with E-state index in [1.165, 1.54) is 143 Å². The van der Waals surface area contributed by atoms with Crippen molar-refractivity contribution in [3.8, 4) is 44.8 Å². The van der Waals surface area contributed by atoms with E-state index in [9.17, 15) is 0 Å². The van der Waals surface area contributed by atoms with Crippen LogP contribution in [0.1, 0.15) is 33.4 Å². The van der Waals surface area contributed by atoms with Crippen LogP contribution in [0.25, 0.3) is 110 Å². The lowest BCUT2D eigenvalue weighted by molar-refractivity contribution is 0.946. The van der Waals surface area contributed by atoms with Crippen molar-refractivity contribution < 1.29 is 0 Å². The Hall–Kier alpha value is -7.68. The van der Waals surface area contributed by atoms with Gasteiger partial charge in [0.15, 0.2) is 0 Å². The van der Waals surface area contributed by atoms with Crippen molar-refractivity contribution in [2.24, 2.45) is 0 Å². The van der Waals surface area contributed by atoms with E-state index in [4.69, 9.17) is 0 Å². The molecule has 0 bridgehead atoms. The highest BCUT2D eigenvalue weighted by atomic mass is 15.0. The maximum Gasteiger partial charge on any atom is 0.0547 e. The first-order chi connectivity index (χ1) is 31.7. The number of aryl methyl sites for hydroxylation is 6. The van der Waals surface area contributed by atoms with Gasteiger partial charge in [-0.05, 0) is 200 Å². The summed E-state index contributed by atoms with van der Waals surface area (Å²) in [5.41, 5.74) is 24.1. The van der Waals surface area contributed by atoms with Crippen molar-refractivity contribution in [2.75, 3.05) is 0 Å². The quantitative estimate of drug-likeness (QED) is 0.167. The largest absolute Gasteiger partial charge is 0.309 e. The van der Waals surface area contributed by atoms with E-state index in [1.807, 2.05) is 0 Å². The normalized spacial score (nSPS) is 13.9. The maximum atomic E-state index is 2.54. The molecule has 0 N–H and O–H groups in total. The van der Waals surface area contributed by atoms with Gasteiger partial charge in [0.25, 0.3) is 0 Å². The van der Waals surface area contributed by atoms with Gasteiger partial charge in [-0.25, -0.2) is 0 Å². The number of hydrogen-bond acceptors (Lipinski definition) is 0. The molecule has 3 aliphatic rings. The Bertz CT molecular complexity index is 3710. The van der Waals surface area contributed by atoms with Gasteiger partial charge in [0.1, 0.15) is 0 Å². The minimum Gasteiger partial charge on any atom is -0.309 e. The Balaban J connectivity index is 0.954. The van der Waals surface area contributed by atoms with Gasteiger partial charge in [0, 0.05) is 32.9 Å². The Morgan fingerprint density at radius 2 is 0.656 bits per heavy atom. The van der Waals surface area contributed by atoms with Crippen molar-refractivity contribution in [2.45, 2.75) is 38.5 Å². The van der Waals surface area contributed by atoms with Crippen LogP contribution >= 0.6 is 0 Å². The molecular formula is C62H42N2. The molecule has 0 saturated heterocycles. The molecule has 2 aromatic heterocycles. The van der Waals surface area contributed by atoms with Crippen LogP contribution in [-0.2, 0) is 38.5 Å². The standard InChI is InChI=1S/C62H42N2/c1-3-11-45(12-4-1)63-57-29-25-41(47-27-23-39-19-17-37-9-7-15-49(47)61(37)39)31-53(57)55-33-43-21-22-44-34-56-54-32-42(48-28-24-40-20-18-38-10-8-16-50(48)62(38)40)26-30-58(54)64(46-13-5-2-6-14-46)60(56)36-52(44)51(43)35-59(55)63/h1-16,23-36H,17-22H2. The summed E-state index contributed by atoms with van der Waals surface area (Å²) < 4.78 is 5.00. The third-order valence-corrected chi connectivity index (χ3v) is 15.3. The highest BCUT2D eigenvalue weighted by Gasteiger charge is 2.25. The highest BCUT2D eigenvalue weighted by Crippen LogP contribution is 2.46. The number of hydrogen-bond donors (Lipinski definition) is 0. The molecule has 64 heavy (non-hydrogen) atoms. The molecule has 12 aromatic rings. The summed E-state index contributed by atoms with van der Waals surface area (Å²) in [6, 6.07) is 69.7. The Kier molecular flexibility index (Phi) is 7.05. The minimum absolute atomic E-state index is 1.01. The van der Waals surface area contributed by atoms with Crippen molar-refractivity contribution in [3.63, 3.8) is 0 Å². The van der Waals surface area contributed by atoms with Gasteiger partial charge in [-0.1, -0.05) is 109 Å².